The van der Waals surface area contributed by atoms with Crippen LogP contribution in [-0.2, 0) is 10.9 Å². The summed E-state index contributed by atoms with van der Waals surface area (Å²) in [6, 6.07) is 14.1. The Morgan fingerprint density at radius 1 is 1.13 bits per heavy atom. The summed E-state index contributed by atoms with van der Waals surface area (Å²) in [6.45, 7) is 8.00. The molecule has 0 aliphatic carbocycles. The van der Waals surface area contributed by atoms with E-state index in [1.54, 1.807) is 6.07 Å². The Labute approximate surface area is 224 Å². The first-order valence-corrected chi connectivity index (χ1v) is 13.9. The molecule has 2 heterocycles. The standard InChI is InChI=1S/C30H40F3N3O2/c1-21(20-38-29(37)34-15-18-36-16-7-4-8-17-36)11-13-25-22(2)26-19-24(30(31,32)33)12-14-27(26)35-28(25)23-9-5-3-6-10-23/h3,5-6,9-10,12,14,19,21-22,25,28,35H,4,7-8,11,13,15-18,20H2,1-2H3,(H,34,37)/t21?,22?,25?,28-/m0/s1. The largest absolute Gasteiger partial charge is 0.449 e. The number of carbonyl (C=O) groups is 1. The van der Waals surface area contributed by atoms with Crippen LogP contribution in [0.5, 0.6) is 0 Å². The number of benzene rings is 2. The summed E-state index contributed by atoms with van der Waals surface area (Å²) in [6.07, 6.45) is 0.555. The van der Waals surface area contributed by atoms with E-state index in [1.165, 1.54) is 25.3 Å². The van der Waals surface area contributed by atoms with E-state index in [0.29, 0.717) is 18.7 Å². The summed E-state index contributed by atoms with van der Waals surface area (Å²) in [4.78, 5) is 14.5. The van der Waals surface area contributed by atoms with Gasteiger partial charge in [-0.2, -0.15) is 13.2 Å². The van der Waals surface area contributed by atoms with Crippen molar-refractivity contribution in [3.8, 4) is 0 Å². The summed E-state index contributed by atoms with van der Waals surface area (Å²) in [5.41, 5.74) is 1.96. The van der Waals surface area contributed by atoms with Gasteiger partial charge in [0.1, 0.15) is 0 Å². The average Bonchev–Trinajstić information content (AvgIpc) is 2.91. The van der Waals surface area contributed by atoms with E-state index in [-0.39, 0.29) is 23.8 Å². The maximum atomic E-state index is 13.4. The molecule has 2 aliphatic rings. The summed E-state index contributed by atoms with van der Waals surface area (Å²) in [5, 5.41) is 6.38. The van der Waals surface area contributed by atoms with Crippen LogP contribution in [0.1, 0.15) is 74.6 Å². The van der Waals surface area contributed by atoms with Gasteiger partial charge in [-0.15, -0.1) is 0 Å². The highest BCUT2D eigenvalue weighted by Crippen LogP contribution is 2.48. The Balaban J connectivity index is 1.34. The number of amides is 1. The molecule has 4 rings (SSSR count). The molecule has 0 saturated carbocycles. The minimum atomic E-state index is -4.37. The predicted octanol–water partition coefficient (Wildman–Crippen LogP) is 7.22. The fourth-order valence-electron chi connectivity index (χ4n) is 5.78. The maximum Gasteiger partial charge on any atom is 0.416 e. The molecule has 2 N–H and O–H groups in total. The molecule has 0 spiro atoms. The number of hydrogen-bond donors (Lipinski definition) is 2. The molecule has 2 aliphatic heterocycles. The van der Waals surface area contributed by atoms with Crippen molar-refractivity contribution in [2.24, 2.45) is 11.8 Å². The minimum Gasteiger partial charge on any atom is -0.449 e. The lowest BCUT2D eigenvalue weighted by Gasteiger charge is -2.40. The molecular formula is C30H40F3N3O2. The van der Waals surface area contributed by atoms with Crippen LogP contribution in [0.25, 0.3) is 0 Å². The molecule has 1 fully saturated rings. The normalized spacial score (nSPS) is 22.7. The Morgan fingerprint density at radius 2 is 1.87 bits per heavy atom. The van der Waals surface area contributed by atoms with Gasteiger partial charge in [0, 0.05) is 18.8 Å². The van der Waals surface area contributed by atoms with Gasteiger partial charge in [-0.3, -0.25) is 0 Å². The van der Waals surface area contributed by atoms with Crippen molar-refractivity contribution in [1.82, 2.24) is 10.2 Å². The highest BCUT2D eigenvalue weighted by molar-refractivity contribution is 5.67. The lowest BCUT2D eigenvalue weighted by atomic mass is 9.73. The lowest BCUT2D eigenvalue weighted by molar-refractivity contribution is -0.137. The van der Waals surface area contributed by atoms with Crippen molar-refractivity contribution in [2.45, 2.75) is 64.1 Å². The molecule has 4 atom stereocenters. The first kappa shape index (κ1) is 28.3. The third-order valence-electron chi connectivity index (χ3n) is 8.05. The van der Waals surface area contributed by atoms with Gasteiger partial charge >= 0.3 is 12.3 Å². The van der Waals surface area contributed by atoms with E-state index in [9.17, 15) is 18.0 Å². The van der Waals surface area contributed by atoms with Crippen LogP contribution < -0.4 is 10.6 Å². The van der Waals surface area contributed by atoms with E-state index in [2.05, 4.69) is 34.6 Å². The number of hydrogen-bond acceptors (Lipinski definition) is 4. The molecule has 2 aromatic rings. The monoisotopic (exact) mass is 531 g/mol. The number of carbonyl (C=O) groups excluding carboxylic acids is 1. The number of fused-ring (bicyclic) bond motifs is 1. The van der Waals surface area contributed by atoms with Gasteiger partial charge in [-0.05, 0) is 85.9 Å². The second-order valence-electron chi connectivity index (χ2n) is 10.9. The number of rotatable bonds is 9. The Morgan fingerprint density at radius 3 is 2.58 bits per heavy atom. The second-order valence-corrected chi connectivity index (χ2v) is 10.9. The van der Waals surface area contributed by atoms with Gasteiger partial charge in [-0.25, -0.2) is 4.79 Å². The molecule has 2 aromatic carbocycles. The first-order valence-electron chi connectivity index (χ1n) is 13.9. The van der Waals surface area contributed by atoms with Crippen LogP contribution in [0.4, 0.5) is 23.7 Å². The van der Waals surface area contributed by atoms with Crippen molar-refractivity contribution >= 4 is 11.8 Å². The molecule has 5 nitrogen and oxygen atoms in total. The Kier molecular flexibility index (Phi) is 9.58. The van der Waals surface area contributed by atoms with Crippen LogP contribution in [0.2, 0.25) is 0 Å². The summed E-state index contributed by atoms with van der Waals surface area (Å²) in [7, 11) is 0. The number of likely N-dealkylation sites (tertiary alicyclic amines) is 1. The average molecular weight is 532 g/mol. The van der Waals surface area contributed by atoms with Gasteiger partial charge in [0.15, 0.2) is 0 Å². The van der Waals surface area contributed by atoms with Crippen LogP contribution in [-0.4, -0.2) is 43.8 Å². The second kappa shape index (κ2) is 12.9. The summed E-state index contributed by atoms with van der Waals surface area (Å²) < 4.78 is 45.8. The van der Waals surface area contributed by atoms with Crippen LogP contribution in [0.15, 0.2) is 48.5 Å². The molecular weight excluding hydrogens is 491 g/mol. The van der Waals surface area contributed by atoms with Crippen molar-refractivity contribution in [1.29, 1.82) is 0 Å². The van der Waals surface area contributed by atoms with Crippen molar-refractivity contribution < 1.29 is 22.7 Å². The number of anilines is 1. The van der Waals surface area contributed by atoms with E-state index in [4.69, 9.17) is 4.74 Å². The number of nitrogens with one attached hydrogen (secondary N) is 2. The number of alkyl carbamates (subject to hydrolysis) is 1. The van der Waals surface area contributed by atoms with E-state index >= 15 is 0 Å². The van der Waals surface area contributed by atoms with E-state index in [1.807, 2.05) is 25.1 Å². The quantitative estimate of drug-likeness (QED) is 0.359. The topological polar surface area (TPSA) is 53.6 Å². The number of nitrogens with zero attached hydrogens (tertiary/aromatic N) is 1. The van der Waals surface area contributed by atoms with Crippen molar-refractivity contribution in [2.75, 3.05) is 38.1 Å². The fourth-order valence-corrected chi connectivity index (χ4v) is 5.78. The highest BCUT2D eigenvalue weighted by atomic mass is 19.4. The molecule has 0 aromatic heterocycles. The highest BCUT2D eigenvalue weighted by Gasteiger charge is 2.37. The predicted molar refractivity (Wildman–Crippen MR) is 144 cm³/mol. The zero-order chi connectivity index (χ0) is 27.1. The zero-order valence-electron chi connectivity index (χ0n) is 22.4. The Bertz CT molecular complexity index is 1040. The van der Waals surface area contributed by atoms with Gasteiger partial charge in [0.05, 0.1) is 18.2 Å². The molecule has 0 bridgehead atoms. The molecule has 208 valence electrons. The molecule has 1 amide bonds. The van der Waals surface area contributed by atoms with Crippen LogP contribution in [0, 0.1) is 11.8 Å². The first-order chi connectivity index (χ1) is 18.2. The van der Waals surface area contributed by atoms with E-state index in [0.717, 1.165) is 49.8 Å². The lowest BCUT2D eigenvalue weighted by Crippen LogP contribution is -2.38. The van der Waals surface area contributed by atoms with Gasteiger partial charge in [0.25, 0.3) is 0 Å². The third-order valence-corrected chi connectivity index (χ3v) is 8.05. The maximum absolute atomic E-state index is 13.4. The summed E-state index contributed by atoms with van der Waals surface area (Å²) in [5.74, 6) is 0.161. The van der Waals surface area contributed by atoms with Crippen LogP contribution in [0.3, 0.4) is 0 Å². The fraction of sp³-hybridized carbons (Fsp3) is 0.567. The SMILES string of the molecule is CC(CCC1C(C)c2cc(C(F)(F)F)ccc2N[C@H]1c1ccccc1)COC(=O)NCCN1CCCCC1. The van der Waals surface area contributed by atoms with E-state index < -0.39 is 17.8 Å². The van der Waals surface area contributed by atoms with Crippen molar-refractivity contribution in [3.63, 3.8) is 0 Å². The third kappa shape index (κ3) is 7.43. The number of ether oxygens (including phenoxy) is 1. The summed E-state index contributed by atoms with van der Waals surface area (Å²) >= 11 is 0. The molecule has 0 radical (unpaired) electrons. The van der Waals surface area contributed by atoms with Crippen molar-refractivity contribution in [3.05, 3.63) is 65.2 Å². The smallest absolute Gasteiger partial charge is 0.416 e. The van der Waals surface area contributed by atoms with Gasteiger partial charge < -0.3 is 20.3 Å². The number of halogens is 3. The molecule has 1 saturated heterocycles. The Hall–Kier alpha value is -2.74. The number of alkyl halides is 3. The molecule has 38 heavy (non-hydrogen) atoms. The van der Waals surface area contributed by atoms with Crippen LogP contribution >= 0.6 is 0 Å². The minimum absolute atomic E-state index is 0.0124. The van der Waals surface area contributed by atoms with Gasteiger partial charge in [-0.1, -0.05) is 50.6 Å². The molecule has 8 heteroatoms. The molecule has 3 unspecified atom stereocenters. The van der Waals surface area contributed by atoms with Gasteiger partial charge in [0.2, 0.25) is 0 Å². The number of piperidine rings is 1. The zero-order valence-corrected chi connectivity index (χ0v) is 22.4.